The van der Waals surface area contributed by atoms with Gasteiger partial charge in [-0.3, -0.25) is 4.79 Å². The first-order valence-corrected chi connectivity index (χ1v) is 7.35. The van der Waals surface area contributed by atoms with Crippen molar-refractivity contribution in [2.75, 3.05) is 0 Å². The number of nitriles is 1. The summed E-state index contributed by atoms with van der Waals surface area (Å²) in [6.45, 7) is 0. The molecular formula is C18H14F2N2O3. The van der Waals surface area contributed by atoms with Gasteiger partial charge in [0.1, 0.15) is 6.04 Å². The zero-order chi connectivity index (χ0) is 18.4. The fourth-order valence-electron chi connectivity index (χ4n) is 2.31. The Bertz CT molecular complexity index is 846. The molecule has 128 valence electrons. The summed E-state index contributed by atoms with van der Waals surface area (Å²) < 4.78 is 26.0. The van der Waals surface area contributed by atoms with Crippen molar-refractivity contribution >= 4 is 11.9 Å². The average molecular weight is 344 g/mol. The average Bonchev–Trinajstić information content (AvgIpc) is 2.58. The van der Waals surface area contributed by atoms with Gasteiger partial charge in [0.15, 0.2) is 11.6 Å². The van der Waals surface area contributed by atoms with Crippen molar-refractivity contribution in [3.8, 4) is 6.07 Å². The summed E-state index contributed by atoms with van der Waals surface area (Å²) in [6, 6.07) is 10.2. The summed E-state index contributed by atoms with van der Waals surface area (Å²) in [5, 5.41) is 20.7. The maximum Gasteiger partial charge on any atom is 0.326 e. The Labute approximate surface area is 142 Å². The molecule has 0 saturated carbocycles. The van der Waals surface area contributed by atoms with Gasteiger partial charge in [-0.15, -0.1) is 0 Å². The Balaban J connectivity index is 2.08. The second-order valence-electron chi connectivity index (χ2n) is 5.36. The summed E-state index contributed by atoms with van der Waals surface area (Å²) in [5.41, 5.74) is 1.03. The van der Waals surface area contributed by atoms with Gasteiger partial charge in [0.2, 0.25) is 5.91 Å². The van der Waals surface area contributed by atoms with Gasteiger partial charge in [-0.1, -0.05) is 24.3 Å². The lowest BCUT2D eigenvalue weighted by Gasteiger charge is -2.15. The van der Waals surface area contributed by atoms with Crippen molar-refractivity contribution in [3.05, 3.63) is 70.8 Å². The van der Waals surface area contributed by atoms with Crippen LogP contribution in [0.4, 0.5) is 8.78 Å². The van der Waals surface area contributed by atoms with Crippen LogP contribution in [0.25, 0.3) is 0 Å². The van der Waals surface area contributed by atoms with Gasteiger partial charge in [0.05, 0.1) is 18.1 Å². The fraction of sp³-hybridized carbons (Fsp3) is 0.167. The topological polar surface area (TPSA) is 90.2 Å². The maximum absolute atomic E-state index is 13.2. The molecule has 0 bridgehead atoms. The molecule has 2 aromatic rings. The summed E-state index contributed by atoms with van der Waals surface area (Å²) >= 11 is 0. The Hall–Kier alpha value is -3.27. The smallest absolute Gasteiger partial charge is 0.326 e. The van der Waals surface area contributed by atoms with Gasteiger partial charge in [0, 0.05) is 6.42 Å². The molecule has 5 nitrogen and oxygen atoms in total. The Kier molecular flexibility index (Phi) is 5.79. The number of hydrogen-bond donors (Lipinski definition) is 2. The molecule has 2 N–H and O–H groups in total. The summed E-state index contributed by atoms with van der Waals surface area (Å²) in [6.07, 6.45) is -0.358. The van der Waals surface area contributed by atoms with Crippen LogP contribution in [0.15, 0.2) is 42.5 Å². The van der Waals surface area contributed by atoms with E-state index in [1.165, 1.54) is 6.07 Å². The molecule has 0 saturated heterocycles. The van der Waals surface area contributed by atoms with Crippen LogP contribution in [0, 0.1) is 23.0 Å². The Morgan fingerprint density at radius 2 is 1.88 bits per heavy atom. The molecule has 2 rings (SSSR count). The first-order chi connectivity index (χ1) is 11.9. The Morgan fingerprint density at radius 1 is 1.16 bits per heavy atom. The number of halogens is 2. The second-order valence-corrected chi connectivity index (χ2v) is 5.36. The molecule has 25 heavy (non-hydrogen) atoms. The summed E-state index contributed by atoms with van der Waals surface area (Å²) in [7, 11) is 0. The number of carbonyl (C=O) groups excluding carboxylic acids is 1. The monoisotopic (exact) mass is 344 g/mol. The zero-order valence-electron chi connectivity index (χ0n) is 13.0. The van der Waals surface area contributed by atoms with E-state index in [1.54, 1.807) is 24.3 Å². The highest BCUT2D eigenvalue weighted by molar-refractivity contribution is 5.85. The number of nitrogens with one attached hydrogen (secondary N) is 1. The predicted octanol–water partition coefficient (Wildman–Crippen LogP) is 2.19. The van der Waals surface area contributed by atoms with Crippen LogP contribution in [0.2, 0.25) is 0 Å². The highest BCUT2D eigenvalue weighted by Crippen LogP contribution is 2.12. The molecule has 0 aromatic heterocycles. The van der Waals surface area contributed by atoms with Crippen LogP contribution in [0.1, 0.15) is 16.7 Å². The molecule has 0 spiro atoms. The summed E-state index contributed by atoms with van der Waals surface area (Å²) in [4.78, 5) is 23.4. The van der Waals surface area contributed by atoms with Gasteiger partial charge in [-0.05, 0) is 29.3 Å². The molecule has 0 aliphatic rings. The third kappa shape index (κ3) is 4.85. The molecule has 0 radical (unpaired) electrons. The molecule has 0 fully saturated rings. The molecular weight excluding hydrogens is 330 g/mol. The fourth-order valence-corrected chi connectivity index (χ4v) is 2.31. The van der Waals surface area contributed by atoms with Crippen molar-refractivity contribution in [2.24, 2.45) is 0 Å². The van der Waals surface area contributed by atoms with Gasteiger partial charge in [-0.2, -0.15) is 5.26 Å². The quantitative estimate of drug-likeness (QED) is 0.840. The van der Waals surface area contributed by atoms with Crippen LogP contribution >= 0.6 is 0 Å². The van der Waals surface area contributed by atoms with E-state index >= 15 is 0 Å². The van der Waals surface area contributed by atoms with Crippen LogP contribution < -0.4 is 5.32 Å². The lowest BCUT2D eigenvalue weighted by atomic mass is 10.0. The number of nitrogens with zero attached hydrogens (tertiary/aromatic N) is 1. The predicted molar refractivity (Wildman–Crippen MR) is 84.5 cm³/mol. The van der Waals surface area contributed by atoms with Gasteiger partial charge in [0.25, 0.3) is 0 Å². The number of carboxylic acids is 1. The van der Waals surface area contributed by atoms with E-state index < -0.39 is 29.6 Å². The van der Waals surface area contributed by atoms with E-state index in [9.17, 15) is 23.5 Å². The van der Waals surface area contributed by atoms with E-state index in [1.807, 2.05) is 6.07 Å². The minimum absolute atomic E-state index is 0.0669. The number of aliphatic carboxylic acids is 1. The number of rotatable bonds is 6. The third-order valence-corrected chi connectivity index (χ3v) is 3.54. The van der Waals surface area contributed by atoms with Crippen molar-refractivity contribution in [1.29, 1.82) is 5.26 Å². The lowest BCUT2D eigenvalue weighted by molar-refractivity contribution is -0.141. The minimum Gasteiger partial charge on any atom is -0.480 e. The molecule has 7 heteroatoms. The maximum atomic E-state index is 13.2. The van der Waals surface area contributed by atoms with Crippen molar-refractivity contribution in [1.82, 2.24) is 5.32 Å². The largest absolute Gasteiger partial charge is 0.480 e. The van der Waals surface area contributed by atoms with Gasteiger partial charge >= 0.3 is 5.97 Å². The molecule has 1 amide bonds. The van der Waals surface area contributed by atoms with Crippen LogP contribution in [-0.4, -0.2) is 23.0 Å². The van der Waals surface area contributed by atoms with Crippen LogP contribution in [0.5, 0.6) is 0 Å². The van der Waals surface area contributed by atoms with E-state index in [-0.39, 0.29) is 18.4 Å². The van der Waals surface area contributed by atoms with Crippen molar-refractivity contribution in [3.63, 3.8) is 0 Å². The lowest BCUT2D eigenvalue weighted by Crippen LogP contribution is -2.43. The van der Waals surface area contributed by atoms with E-state index in [0.717, 1.165) is 12.1 Å². The minimum atomic E-state index is -1.26. The van der Waals surface area contributed by atoms with E-state index in [2.05, 4.69) is 5.32 Å². The van der Waals surface area contributed by atoms with Gasteiger partial charge in [-0.25, -0.2) is 13.6 Å². The number of amides is 1. The molecule has 1 atom stereocenters. The number of hydrogen-bond acceptors (Lipinski definition) is 3. The molecule has 2 aromatic carbocycles. The van der Waals surface area contributed by atoms with Crippen LogP contribution in [0.3, 0.4) is 0 Å². The number of benzene rings is 2. The standard InChI is InChI=1S/C18H14F2N2O3/c19-14-6-5-11(7-15(14)20)8-17(23)22-16(18(24)25)9-12-3-1-2-4-13(12)10-21/h1-7,16H,8-9H2,(H,22,23)(H,24,25)/t16-/m1/s1. The molecule has 0 unspecified atom stereocenters. The van der Waals surface area contributed by atoms with Crippen molar-refractivity contribution in [2.45, 2.75) is 18.9 Å². The Morgan fingerprint density at radius 3 is 2.52 bits per heavy atom. The number of carbonyl (C=O) groups is 2. The first-order valence-electron chi connectivity index (χ1n) is 7.35. The zero-order valence-corrected chi connectivity index (χ0v) is 13.0. The van der Waals surface area contributed by atoms with Gasteiger partial charge < -0.3 is 10.4 Å². The number of carboxylic acid groups (broad SMARTS) is 1. The molecule has 0 heterocycles. The van der Waals surface area contributed by atoms with E-state index in [0.29, 0.717) is 11.1 Å². The SMILES string of the molecule is N#Cc1ccccc1C[C@@H](NC(=O)Cc1ccc(F)c(F)c1)C(=O)O. The molecule has 0 aliphatic heterocycles. The molecule has 0 aliphatic carbocycles. The van der Waals surface area contributed by atoms with E-state index in [4.69, 9.17) is 5.26 Å². The first kappa shape index (κ1) is 18.1. The highest BCUT2D eigenvalue weighted by atomic mass is 19.2. The van der Waals surface area contributed by atoms with Crippen LogP contribution in [-0.2, 0) is 22.4 Å². The third-order valence-electron chi connectivity index (χ3n) is 3.54. The second kappa shape index (κ2) is 8.02. The summed E-state index contributed by atoms with van der Waals surface area (Å²) in [5.74, 6) is -4.01. The highest BCUT2D eigenvalue weighted by Gasteiger charge is 2.22. The normalized spacial score (nSPS) is 11.4. The van der Waals surface area contributed by atoms with Crippen molar-refractivity contribution < 1.29 is 23.5 Å².